The van der Waals surface area contributed by atoms with E-state index in [1.54, 1.807) is 20.8 Å². The van der Waals surface area contributed by atoms with Crippen LogP contribution in [-0.2, 0) is 20.7 Å². The second-order valence-corrected chi connectivity index (χ2v) is 8.39. The van der Waals surface area contributed by atoms with E-state index in [9.17, 15) is 14.4 Å². The van der Waals surface area contributed by atoms with E-state index in [0.29, 0.717) is 12.8 Å². The van der Waals surface area contributed by atoms with E-state index in [4.69, 9.17) is 10.5 Å². The van der Waals surface area contributed by atoms with Gasteiger partial charge in [-0.15, -0.1) is 0 Å². The standard InChI is InChI=1S/C21H33N3O4/c1-14(2)12-16(23-20(27)28-21(3,4)5)19(26)24(6)17(18(22)25)13-15-10-8-7-9-11-15/h7-11,14,16-17H,12-13H2,1-6H3,(H2,22,25)(H,23,27)/t16-,17-/m0/s1. The fourth-order valence-corrected chi connectivity index (χ4v) is 2.81. The van der Waals surface area contributed by atoms with Gasteiger partial charge < -0.3 is 20.7 Å². The number of hydrogen-bond donors (Lipinski definition) is 2. The van der Waals surface area contributed by atoms with Crippen LogP contribution in [0.4, 0.5) is 4.79 Å². The molecule has 7 nitrogen and oxygen atoms in total. The molecule has 1 rings (SSSR count). The zero-order valence-electron chi connectivity index (χ0n) is 17.7. The highest BCUT2D eigenvalue weighted by atomic mass is 16.6. The van der Waals surface area contributed by atoms with Crippen molar-refractivity contribution >= 4 is 17.9 Å². The number of ether oxygens (including phenoxy) is 1. The molecule has 0 heterocycles. The summed E-state index contributed by atoms with van der Waals surface area (Å²) in [5.74, 6) is -0.821. The van der Waals surface area contributed by atoms with Crippen molar-refractivity contribution in [1.29, 1.82) is 0 Å². The molecule has 2 atom stereocenters. The van der Waals surface area contributed by atoms with Crippen LogP contribution >= 0.6 is 0 Å². The van der Waals surface area contributed by atoms with Crippen LogP contribution < -0.4 is 11.1 Å². The summed E-state index contributed by atoms with van der Waals surface area (Å²) >= 11 is 0. The lowest BCUT2D eigenvalue weighted by molar-refractivity contribution is -0.139. The topological polar surface area (TPSA) is 102 Å². The summed E-state index contributed by atoms with van der Waals surface area (Å²) in [6.45, 7) is 9.15. The number of alkyl carbamates (subject to hydrolysis) is 1. The minimum absolute atomic E-state index is 0.151. The first-order valence-corrected chi connectivity index (χ1v) is 9.50. The van der Waals surface area contributed by atoms with E-state index in [1.165, 1.54) is 11.9 Å². The van der Waals surface area contributed by atoms with Gasteiger partial charge in [0.1, 0.15) is 17.7 Å². The normalized spacial score (nSPS) is 13.5. The number of primary amides is 1. The lowest BCUT2D eigenvalue weighted by atomic mass is 10.00. The molecule has 28 heavy (non-hydrogen) atoms. The number of hydrogen-bond acceptors (Lipinski definition) is 4. The molecule has 3 N–H and O–H groups in total. The van der Waals surface area contributed by atoms with Crippen LogP contribution in [-0.4, -0.2) is 47.5 Å². The summed E-state index contributed by atoms with van der Waals surface area (Å²) in [5, 5.41) is 2.64. The highest BCUT2D eigenvalue weighted by molar-refractivity contribution is 5.90. The smallest absolute Gasteiger partial charge is 0.408 e. The van der Waals surface area contributed by atoms with E-state index < -0.39 is 29.7 Å². The molecule has 7 heteroatoms. The molecule has 1 aromatic rings. The number of likely N-dealkylation sites (N-methyl/N-ethyl adjacent to an activating group) is 1. The van der Waals surface area contributed by atoms with Gasteiger partial charge in [0.2, 0.25) is 11.8 Å². The number of nitrogens with two attached hydrogens (primary N) is 1. The molecule has 156 valence electrons. The van der Waals surface area contributed by atoms with E-state index >= 15 is 0 Å². The number of benzene rings is 1. The Hall–Kier alpha value is -2.57. The summed E-state index contributed by atoms with van der Waals surface area (Å²) in [6.07, 6.45) is 0.0527. The van der Waals surface area contributed by atoms with Crippen LogP contribution in [0.2, 0.25) is 0 Å². The molecular weight excluding hydrogens is 358 g/mol. The average molecular weight is 392 g/mol. The van der Waals surface area contributed by atoms with Crippen molar-refractivity contribution < 1.29 is 19.1 Å². The molecule has 0 spiro atoms. The predicted molar refractivity (Wildman–Crippen MR) is 109 cm³/mol. The first-order chi connectivity index (χ1) is 12.9. The van der Waals surface area contributed by atoms with Gasteiger partial charge in [-0.3, -0.25) is 9.59 Å². The Kier molecular flexibility index (Phi) is 8.47. The van der Waals surface area contributed by atoms with Gasteiger partial charge in [0.05, 0.1) is 0 Å². The molecule has 0 unspecified atom stereocenters. The molecule has 0 bridgehead atoms. The molecule has 0 aliphatic rings. The third-order valence-electron chi connectivity index (χ3n) is 4.11. The fraction of sp³-hybridized carbons (Fsp3) is 0.571. The Bertz CT molecular complexity index is 668. The van der Waals surface area contributed by atoms with Crippen molar-refractivity contribution in [3.05, 3.63) is 35.9 Å². The van der Waals surface area contributed by atoms with E-state index in [2.05, 4.69) is 5.32 Å². The quantitative estimate of drug-likeness (QED) is 0.711. The highest BCUT2D eigenvalue weighted by Crippen LogP contribution is 2.14. The van der Waals surface area contributed by atoms with Crippen LogP contribution in [0.15, 0.2) is 30.3 Å². The zero-order chi connectivity index (χ0) is 21.5. The minimum Gasteiger partial charge on any atom is -0.444 e. The van der Waals surface area contributed by atoms with Crippen molar-refractivity contribution in [2.24, 2.45) is 11.7 Å². The molecule has 3 amide bonds. The first kappa shape index (κ1) is 23.5. The van der Waals surface area contributed by atoms with Crippen molar-refractivity contribution in [3.63, 3.8) is 0 Å². The summed E-state index contributed by atoms with van der Waals surface area (Å²) in [7, 11) is 1.53. The SMILES string of the molecule is CC(C)C[C@H](NC(=O)OC(C)(C)C)C(=O)N(C)[C@@H](Cc1ccccc1)C(N)=O. The van der Waals surface area contributed by atoms with Gasteiger partial charge in [0, 0.05) is 13.5 Å². The fourth-order valence-electron chi connectivity index (χ4n) is 2.81. The average Bonchev–Trinajstić information content (AvgIpc) is 2.56. The molecule has 0 saturated carbocycles. The van der Waals surface area contributed by atoms with Crippen molar-refractivity contribution in [3.8, 4) is 0 Å². The molecule has 0 aliphatic heterocycles. The van der Waals surface area contributed by atoms with Gasteiger partial charge in [0.15, 0.2) is 0 Å². The molecule has 0 fully saturated rings. The number of rotatable bonds is 8. The Morgan fingerprint density at radius 2 is 1.71 bits per heavy atom. The number of carbonyl (C=O) groups excluding carboxylic acids is 3. The number of amides is 3. The summed E-state index contributed by atoms with van der Waals surface area (Å²) in [5.41, 5.74) is 5.78. The van der Waals surface area contributed by atoms with Gasteiger partial charge in [-0.05, 0) is 38.7 Å². The van der Waals surface area contributed by atoms with Crippen LogP contribution in [0.25, 0.3) is 0 Å². The Balaban J connectivity index is 2.96. The largest absolute Gasteiger partial charge is 0.444 e. The van der Waals surface area contributed by atoms with Crippen molar-refractivity contribution in [1.82, 2.24) is 10.2 Å². The van der Waals surface area contributed by atoms with E-state index in [0.717, 1.165) is 5.56 Å². The number of nitrogens with zero attached hydrogens (tertiary/aromatic N) is 1. The van der Waals surface area contributed by atoms with E-state index in [-0.39, 0.29) is 11.8 Å². The van der Waals surface area contributed by atoms with Gasteiger partial charge >= 0.3 is 6.09 Å². The molecule has 0 radical (unpaired) electrons. The Morgan fingerprint density at radius 1 is 1.14 bits per heavy atom. The number of nitrogens with one attached hydrogen (secondary N) is 1. The van der Waals surface area contributed by atoms with Gasteiger partial charge in [-0.25, -0.2) is 4.79 Å². The lowest BCUT2D eigenvalue weighted by Gasteiger charge is -2.31. The van der Waals surface area contributed by atoms with Crippen molar-refractivity contribution in [2.75, 3.05) is 7.05 Å². The second-order valence-electron chi connectivity index (χ2n) is 8.39. The molecule has 0 aromatic heterocycles. The maximum absolute atomic E-state index is 13.1. The Labute approximate surface area is 167 Å². The number of carbonyl (C=O) groups is 3. The van der Waals surface area contributed by atoms with E-state index in [1.807, 2.05) is 44.2 Å². The molecule has 0 aliphatic carbocycles. The predicted octanol–water partition coefficient (Wildman–Crippen LogP) is 2.48. The first-order valence-electron chi connectivity index (χ1n) is 9.50. The molecular formula is C21H33N3O4. The molecule has 1 aromatic carbocycles. The minimum atomic E-state index is -0.815. The van der Waals surface area contributed by atoms with Crippen LogP contribution in [0.3, 0.4) is 0 Å². The third kappa shape index (κ3) is 7.98. The van der Waals surface area contributed by atoms with Crippen LogP contribution in [0, 0.1) is 5.92 Å². The van der Waals surface area contributed by atoms with Gasteiger partial charge in [0.25, 0.3) is 0 Å². The maximum Gasteiger partial charge on any atom is 0.408 e. The summed E-state index contributed by atoms with van der Waals surface area (Å²) in [6, 6.07) is 7.72. The summed E-state index contributed by atoms with van der Waals surface area (Å²) < 4.78 is 5.27. The zero-order valence-corrected chi connectivity index (χ0v) is 17.7. The van der Waals surface area contributed by atoms with Crippen LogP contribution in [0.5, 0.6) is 0 Å². The van der Waals surface area contributed by atoms with Crippen molar-refractivity contribution in [2.45, 2.75) is 65.1 Å². The van der Waals surface area contributed by atoms with Crippen LogP contribution in [0.1, 0.15) is 46.6 Å². The lowest BCUT2D eigenvalue weighted by Crippen LogP contribution is -2.55. The summed E-state index contributed by atoms with van der Waals surface area (Å²) in [4.78, 5) is 38.6. The Morgan fingerprint density at radius 3 is 2.18 bits per heavy atom. The highest BCUT2D eigenvalue weighted by Gasteiger charge is 2.32. The monoisotopic (exact) mass is 391 g/mol. The van der Waals surface area contributed by atoms with Gasteiger partial charge in [-0.1, -0.05) is 44.2 Å². The van der Waals surface area contributed by atoms with Gasteiger partial charge in [-0.2, -0.15) is 0 Å². The second kappa shape index (κ2) is 10.1. The molecule has 0 saturated heterocycles. The third-order valence-corrected chi connectivity index (χ3v) is 4.11. The maximum atomic E-state index is 13.1.